The average molecular weight is 205 g/mol. The highest BCUT2D eigenvalue weighted by Gasteiger charge is 2.08. The van der Waals surface area contributed by atoms with Crippen LogP contribution in [-0.2, 0) is 7.05 Å². The zero-order chi connectivity index (χ0) is 11.0. The van der Waals surface area contributed by atoms with Crippen molar-refractivity contribution in [3.8, 4) is 11.5 Å². The number of nitrogens with zero attached hydrogens (tertiary/aromatic N) is 2. The summed E-state index contributed by atoms with van der Waals surface area (Å²) in [7, 11) is 1.55. The number of hydrogen-bond donors (Lipinski definition) is 1. The molecule has 2 N–H and O–H groups in total. The molecular weight excluding hydrogens is 194 g/mol. The fourth-order valence-corrected chi connectivity index (χ4v) is 1.32. The van der Waals surface area contributed by atoms with Crippen LogP contribution in [0.2, 0.25) is 0 Å². The van der Waals surface area contributed by atoms with Gasteiger partial charge in [-0.25, -0.2) is 4.68 Å². The van der Waals surface area contributed by atoms with Crippen LogP contribution in [0.3, 0.4) is 0 Å². The van der Waals surface area contributed by atoms with Crippen LogP contribution in [-0.4, -0.2) is 9.78 Å². The molecule has 0 bridgehead atoms. The summed E-state index contributed by atoms with van der Waals surface area (Å²) in [6.07, 6.45) is 0. The summed E-state index contributed by atoms with van der Waals surface area (Å²) in [6, 6.07) is 5.14. The number of aryl methyl sites for hydroxylation is 2. The van der Waals surface area contributed by atoms with Crippen molar-refractivity contribution in [2.75, 3.05) is 5.73 Å². The van der Waals surface area contributed by atoms with Crippen molar-refractivity contribution in [2.24, 2.45) is 7.05 Å². The zero-order valence-electron chi connectivity index (χ0n) is 8.52. The summed E-state index contributed by atoms with van der Waals surface area (Å²) in [6.45, 7) is 1.84. The molecule has 0 spiro atoms. The average Bonchev–Trinajstić information content (AvgIpc) is 2.60. The van der Waals surface area contributed by atoms with E-state index in [0.717, 1.165) is 5.76 Å². The Morgan fingerprint density at radius 2 is 2.20 bits per heavy atom. The van der Waals surface area contributed by atoms with Gasteiger partial charge in [0.15, 0.2) is 5.76 Å². The zero-order valence-corrected chi connectivity index (χ0v) is 8.52. The van der Waals surface area contributed by atoms with Gasteiger partial charge in [-0.15, -0.1) is 0 Å². The normalized spacial score (nSPS) is 10.5. The van der Waals surface area contributed by atoms with Crippen LogP contribution in [0.5, 0.6) is 0 Å². The summed E-state index contributed by atoms with van der Waals surface area (Å²) < 4.78 is 6.58. The van der Waals surface area contributed by atoms with Gasteiger partial charge < -0.3 is 10.2 Å². The maximum Gasteiger partial charge on any atom is 0.289 e. The van der Waals surface area contributed by atoms with E-state index in [1.54, 1.807) is 13.1 Å². The first-order valence-electron chi connectivity index (χ1n) is 4.48. The number of anilines is 1. The standard InChI is InChI=1S/C10H11N3O2/c1-6-3-4-9(15-6)8-5-7(11)10(14)13(2)12-8/h3-5H,11H2,1-2H3. The topological polar surface area (TPSA) is 74.1 Å². The Balaban J connectivity index is 2.60. The molecule has 15 heavy (non-hydrogen) atoms. The molecule has 0 saturated heterocycles. The fraction of sp³-hybridized carbons (Fsp3) is 0.200. The van der Waals surface area contributed by atoms with E-state index in [1.165, 1.54) is 10.7 Å². The molecule has 2 aromatic heterocycles. The number of furan rings is 1. The second kappa shape index (κ2) is 3.27. The Bertz CT molecular complexity index is 528. The van der Waals surface area contributed by atoms with Gasteiger partial charge in [-0.1, -0.05) is 0 Å². The van der Waals surface area contributed by atoms with Gasteiger partial charge in [0.2, 0.25) is 0 Å². The third kappa shape index (κ3) is 1.63. The minimum absolute atomic E-state index is 0.163. The van der Waals surface area contributed by atoms with Gasteiger partial charge in [0.1, 0.15) is 17.1 Å². The van der Waals surface area contributed by atoms with Gasteiger partial charge in [-0.05, 0) is 25.1 Å². The van der Waals surface area contributed by atoms with Crippen molar-refractivity contribution >= 4 is 5.69 Å². The molecule has 0 atom stereocenters. The van der Waals surface area contributed by atoms with Crippen LogP contribution in [0.15, 0.2) is 27.4 Å². The molecule has 0 aromatic carbocycles. The molecule has 5 heteroatoms. The van der Waals surface area contributed by atoms with Gasteiger partial charge in [0.25, 0.3) is 5.56 Å². The maximum atomic E-state index is 11.3. The minimum Gasteiger partial charge on any atom is -0.460 e. The summed E-state index contributed by atoms with van der Waals surface area (Å²) in [5.74, 6) is 1.40. The lowest BCUT2D eigenvalue weighted by atomic mass is 10.3. The largest absolute Gasteiger partial charge is 0.460 e. The molecular formula is C10H11N3O2. The molecule has 78 valence electrons. The maximum absolute atomic E-state index is 11.3. The molecule has 0 aliphatic carbocycles. The smallest absolute Gasteiger partial charge is 0.289 e. The molecule has 0 aliphatic rings. The first-order chi connectivity index (χ1) is 7.08. The summed E-state index contributed by atoms with van der Waals surface area (Å²) >= 11 is 0. The van der Waals surface area contributed by atoms with Crippen molar-refractivity contribution in [3.05, 3.63) is 34.3 Å². The number of aromatic nitrogens is 2. The van der Waals surface area contributed by atoms with Gasteiger partial charge >= 0.3 is 0 Å². The van der Waals surface area contributed by atoms with Gasteiger partial charge in [-0.2, -0.15) is 5.10 Å². The van der Waals surface area contributed by atoms with E-state index < -0.39 is 0 Å². The van der Waals surface area contributed by atoms with E-state index in [4.69, 9.17) is 10.2 Å². The minimum atomic E-state index is -0.304. The lowest BCUT2D eigenvalue weighted by molar-refractivity contribution is 0.542. The first kappa shape index (κ1) is 9.51. The highest BCUT2D eigenvalue weighted by Crippen LogP contribution is 2.19. The fourth-order valence-electron chi connectivity index (χ4n) is 1.32. The number of rotatable bonds is 1. The molecule has 2 rings (SSSR count). The van der Waals surface area contributed by atoms with Crippen LogP contribution in [0.4, 0.5) is 5.69 Å². The van der Waals surface area contributed by atoms with Crippen molar-refractivity contribution in [1.29, 1.82) is 0 Å². The van der Waals surface area contributed by atoms with E-state index >= 15 is 0 Å². The lowest BCUT2D eigenvalue weighted by Crippen LogP contribution is -2.22. The lowest BCUT2D eigenvalue weighted by Gasteiger charge is -2.01. The Morgan fingerprint density at radius 3 is 2.73 bits per heavy atom. The van der Waals surface area contributed by atoms with Crippen molar-refractivity contribution < 1.29 is 4.42 Å². The molecule has 0 amide bonds. The van der Waals surface area contributed by atoms with E-state index in [9.17, 15) is 4.79 Å². The summed E-state index contributed by atoms with van der Waals surface area (Å²) in [5.41, 5.74) is 5.97. The van der Waals surface area contributed by atoms with E-state index in [-0.39, 0.29) is 11.2 Å². The number of nitrogen functional groups attached to an aromatic ring is 1. The molecule has 0 unspecified atom stereocenters. The Kier molecular flexibility index (Phi) is 2.07. The Morgan fingerprint density at radius 1 is 1.47 bits per heavy atom. The van der Waals surface area contributed by atoms with Gasteiger partial charge in [0.05, 0.1) is 0 Å². The Labute approximate surface area is 86.1 Å². The molecule has 2 heterocycles. The molecule has 0 aliphatic heterocycles. The predicted molar refractivity (Wildman–Crippen MR) is 56.3 cm³/mol. The van der Waals surface area contributed by atoms with Crippen LogP contribution in [0.1, 0.15) is 5.76 Å². The second-order valence-corrected chi connectivity index (χ2v) is 3.32. The van der Waals surface area contributed by atoms with Gasteiger partial charge in [0, 0.05) is 7.05 Å². The molecule has 0 saturated carbocycles. The van der Waals surface area contributed by atoms with Crippen LogP contribution < -0.4 is 11.3 Å². The van der Waals surface area contributed by atoms with E-state index in [2.05, 4.69) is 5.10 Å². The van der Waals surface area contributed by atoms with Gasteiger partial charge in [-0.3, -0.25) is 4.79 Å². The highest BCUT2D eigenvalue weighted by molar-refractivity contribution is 5.56. The monoisotopic (exact) mass is 205 g/mol. The predicted octanol–water partition coefficient (Wildman–Crippen LogP) is 0.931. The highest BCUT2D eigenvalue weighted by atomic mass is 16.3. The molecule has 0 fully saturated rings. The van der Waals surface area contributed by atoms with Crippen LogP contribution >= 0.6 is 0 Å². The third-order valence-electron chi connectivity index (χ3n) is 2.08. The molecule has 5 nitrogen and oxygen atoms in total. The number of hydrogen-bond acceptors (Lipinski definition) is 4. The number of nitrogens with two attached hydrogens (primary N) is 1. The molecule has 0 radical (unpaired) electrons. The molecule has 2 aromatic rings. The van der Waals surface area contributed by atoms with E-state index in [1.807, 2.05) is 13.0 Å². The quantitative estimate of drug-likeness (QED) is 0.751. The van der Waals surface area contributed by atoms with Crippen molar-refractivity contribution in [1.82, 2.24) is 9.78 Å². The summed E-state index contributed by atoms with van der Waals surface area (Å²) in [5, 5.41) is 4.05. The van der Waals surface area contributed by atoms with Crippen LogP contribution in [0, 0.1) is 6.92 Å². The Hall–Kier alpha value is -2.04. The first-order valence-corrected chi connectivity index (χ1v) is 4.48. The second-order valence-electron chi connectivity index (χ2n) is 3.32. The SMILES string of the molecule is Cc1ccc(-c2cc(N)c(=O)n(C)n2)o1. The van der Waals surface area contributed by atoms with Crippen molar-refractivity contribution in [3.63, 3.8) is 0 Å². The summed E-state index contributed by atoms with van der Waals surface area (Å²) in [4.78, 5) is 11.3. The third-order valence-corrected chi connectivity index (χ3v) is 2.08. The van der Waals surface area contributed by atoms with E-state index in [0.29, 0.717) is 11.5 Å². The van der Waals surface area contributed by atoms with Crippen LogP contribution in [0.25, 0.3) is 11.5 Å². The van der Waals surface area contributed by atoms with Crippen molar-refractivity contribution in [2.45, 2.75) is 6.92 Å².